The van der Waals surface area contributed by atoms with E-state index in [0.717, 1.165) is 21.6 Å². The molecule has 152 valence electrons. The van der Waals surface area contributed by atoms with Crippen molar-refractivity contribution in [3.8, 4) is 11.1 Å². The van der Waals surface area contributed by atoms with Crippen LogP contribution in [0.2, 0.25) is 0 Å². The smallest absolute Gasteiger partial charge is 0.307 e. The number of carbonyl (C=O) groups is 3. The lowest BCUT2D eigenvalue weighted by Crippen LogP contribution is -2.35. The first kappa shape index (κ1) is 20.8. The van der Waals surface area contributed by atoms with E-state index < -0.39 is 29.6 Å². The molecule has 3 rings (SSSR count). The molecule has 2 atom stereocenters. The molecule has 0 spiro atoms. The predicted octanol–water partition coefficient (Wildman–Crippen LogP) is 4.04. The second-order valence-corrected chi connectivity index (χ2v) is 8.61. The van der Waals surface area contributed by atoms with Crippen molar-refractivity contribution in [1.82, 2.24) is 0 Å². The number of allylic oxidation sites excluding steroid dienone is 2. The van der Waals surface area contributed by atoms with Crippen molar-refractivity contribution < 1.29 is 19.5 Å². The summed E-state index contributed by atoms with van der Waals surface area (Å²) in [4.78, 5) is 37.5. The molecule has 4 N–H and O–H groups in total. The Bertz CT molecular complexity index is 1020. The number of rotatable bonds is 5. The van der Waals surface area contributed by atoms with Crippen molar-refractivity contribution in [2.75, 3.05) is 5.32 Å². The van der Waals surface area contributed by atoms with E-state index in [1.165, 1.54) is 11.3 Å². The van der Waals surface area contributed by atoms with Gasteiger partial charge in [-0.15, -0.1) is 11.3 Å². The number of aliphatic carboxylic acids is 1. The number of amides is 2. The minimum atomic E-state index is -0.997. The van der Waals surface area contributed by atoms with E-state index in [4.69, 9.17) is 5.73 Å². The van der Waals surface area contributed by atoms with Gasteiger partial charge in [0.15, 0.2) is 0 Å². The average Bonchev–Trinajstić information content (AvgIpc) is 2.99. The van der Waals surface area contributed by atoms with Gasteiger partial charge in [-0.2, -0.15) is 0 Å². The fourth-order valence-electron chi connectivity index (χ4n) is 3.69. The number of carboxylic acid groups (broad SMARTS) is 1. The highest BCUT2D eigenvalue weighted by atomic mass is 32.1. The number of hydrogen-bond acceptors (Lipinski definition) is 4. The Hall–Kier alpha value is -2.93. The summed E-state index contributed by atoms with van der Waals surface area (Å²) >= 11 is 1.28. The summed E-state index contributed by atoms with van der Waals surface area (Å²) in [6, 6.07) is 5.91. The first-order valence-electron chi connectivity index (χ1n) is 9.40. The van der Waals surface area contributed by atoms with E-state index in [-0.39, 0.29) is 5.56 Å². The maximum atomic E-state index is 12.9. The van der Waals surface area contributed by atoms with E-state index in [1.807, 2.05) is 45.0 Å². The van der Waals surface area contributed by atoms with Crippen LogP contribution in [0.25, 0.3) is 11.1 Å². The third-order valence-electron chi connectivity index (χ3n) is 5.45. The van der Waals surface area contributed by atoms with Crippen molar-refractivity contribution >= 4 is 34.1 Å². The summed E-state index contributed by atoms with van der Waals surface area (Å²) < 4.78 is 0. The topological polar surface area (TPSA) is 109 Å². The van der Waals surface area contributed by atoms with E-state index in [1.54, 1.807) is 6.08 Å². The number of anilines is 1. The van der Waals surface area contributed by atoms with Crippen LogP contribution in [0.4, 0.5) is 5.00 Å². The van der Waals surface area contributed by atoms with Crippen molar-refractivity contribution in [2.45, 2.75) is 33.6 Å². The van der Waals surface area contributed by atoms with Gasteiger partial charge in [0.1, 0.15) is 5.00 Å². The van der Waals surface area contributed by atoms with Gasteiger partial charge in [0.05, 0.1) is 17.4 Å². The molecule has 29 heavy (non-hydrogen) atoms. The van der Waals surface area contributed by atoms with Crippen LogP contribution in [-0.4, -0.2) is 22.9 Å². The first-order valence-corrected chi connectivity index (χ1v) is 10.2. The number of primary amides is 1. The molecule has 2 amide bonds. The molecule has 0 radical (unpaired) electrons. The van der Waals surface area contributed by atoms with Crippen LogP contribution < -0.4 is 11.1 Å². The van der Waals surface area contributed by atoms with Gasteiger partial charge in [-0.1, -0.05) is 30.4 Å². The van der Waals surface area contributed by atoms with Crippen LogP contribution >= 0.6 is 11.3 Å². The van der Waals surface area contributed by atoms with Gasteiger partial charge in [0.2, 0.25) is 5.91 Å². The Morgan fingerprint density at radius 3 is 2.31 bits per heavy atom. The van der Waals surface area contributed by atoms with Crippen molar-refractivity contribution in [2.24, 2.45) is 17.6 Å². The van der Waals surface area contributed by atoms with Crippen LogP contribution in [0.5, 0.6) is 0 Å². The van der Waals surface area contributed by atoms with Crippen LogP contribution in [0.3, 0.4) is 0 Å². The number of carboxylic acids is 1. The highest BCUT2D eigenvalue weighted by Crippen LogP contribution is 2.41. The summed E-state index contributed by atoms with van der Waals surface area (Å²) in [7, 11) is 0. The molecular weight excluding hydrogens is 388 g/mol. The van der Waals surface area contributed by atoms with E-state index >= 15 is 0 Å². The molecule has 1 aliphatic rings. The first-order chi connectivity index (χ1) is 13.7. The monoisotopic (exact) mass is 412 g/mol. The minimum Gasteiger partial charge on any atom is -0.481 e. The Labute approximate surface area is 173 Å². The molecule has 0 bridgehead atoms. The van der Waals surface area contributed by atoms with E-state index in [0.29, 0.717) is 23.4 Å². The zero-order chi connectivity index (χ0) is 21.3. The molecule has 1 heterocycles. The molecule has 0 unspecified atom stereocenters. The molecule has 2 aromatic rings. The van der Waals surface area contributed by atoms with Gasteiger partial charge in [-0.05, 0) is 50.3 Å². The molecule has 1 aliphatic carbocycles. The maximum absolute atomic E-state index is 12.9. The standard InChI is InChI=1S/C22H24N2O4S/c1-11-8-9-14(10-12(11)2)17-13(3)29-21(18(17)19(23)25)24-20(26)15-6-4-5-7-16(15)22(27)28/h4-5,8-10,15-16H,6-7H2,1-3H3,(H2,23,25)(H,24,26)(H,27,28)/t15-,16-/m0/s1. The molecule has 6 nitrogen and oxygen atoms in total. The SMILES string of the molecule is Cc1ccc(-c2c(C)sc(NC(=O)[C@H]3CC=CC[C@@H]3C(=O)O)c2C(N)=O)cc1C. The Morgan fingerprint density at radius 2 is 1.72 bits per heavy atom. The number of carbonyl (C=O) groups excluding carboxylic acids is 2. The highest BCUT2D eigenvalue weighted by Gasteiger charge is 2.35. The number of benzene rings is 1. The lowest BCUT2D eigenvalue weighted by atomic mass is 9.82. The second-order valence-electron chi connectivity index (χ2n) is 7.38. The fraction of sp³-hybridized carbons (Fsp3) is 0.318. The van der Waals surface area contributed by atoms with E-state index in [2.05, 4.69) is 5.32 Å². The number of nitrogens with one attached hydrogen (secondary N) is 1. The summed E-state index contributed by atoms with van der Waals surface area (Å²) in [5.74, 6) is -3.50. The molecular formula is C22H24N2O4S. The van der Waals surface area contributed by atoms with Gasteiger partial charge in [0.25, 0.3) is 5.91 Å². The summed E-state index contributed by atoms with van der Waals surface area (Å²) in [6.07, 6.45) is 4.26. The average molecular weight is 413 g/mol. The van der Waals surface area contributed by atoms with Crippen molar-refractivity contribution in [1.29, 1.82) is 0 Å². The Balaban J connectivity index is 1.99. The Morgan fingerprint density at radius 1 is 1.07 bits per heavy atom. The molecule has 0 fully saturated rings. The zero-order valence-corrected chi connectivity index (χ0v) is 17.4. The van der Waals surface area contributed by atoms with E-state index in [9.17, 15) is 19.5 Å². The predicted molar refractivity (Wildman–Crippen MR) is 114 cm³/mol. The van der Waals surface area contributed by atoms with Crippen molar-refractivity contribution in [3.63, 3.8) is 0 Å². The van der Waals surface area contributed by atoms with Gasteiger partial charge < -0.3 is 16.2 Å². The lowest BCUT2D eigenvalue weighted by molar-refractivity contribution is -0.146. The van der Waals surface area contributed by atoms with Crippen molar-refractivity contribution in [3.05, 3.63) is 51.9 Å². The van der Waals surface area contributed by atoms with Gasteiger partial charge in [-0.25, -0.2) is 0 Å². The van der Waals surface area contributed by atoms with Gasteiger partial charge in [-0.3, -0.25) is 14.4 Å². The molecule has 1 aromatic carbocycles. The summed E-state index contributed by atoms with van der Waals surface area (Å²) in [5.41, 5.74) is 9.74. The third kappa shape index (κ3) is 4.10. The minimum absolute atomic E-state index is 0.266. The number of thiophene rings is 1. The highest BCUT2D eigenvalue weighted by molar-refractivity contribution is 7.17. The summed E-state index contributed by atoms with van der Waals surface area (Å²) in [5, 5.41) is 12.6. The third-order valence-corrected chi connectivity index (χ3v) is 6.47. The number of hydrogen-bond donors (Lipinski definition) is 3. The maximum Gasteiger partial charge on any atom is 0.307 e. The van der Waals surface area contributed by atoms with Crippen LogP contribution in [0, 0.1) is 32.6 Å². The van der Waals surface area contributed by atoms with Crippen LogP contribution in [-0.2, 0) is 9.59 Å². The molecule has 0 saturated carbocycles. The fourth-order valence-corrected chi connectivity index (χ4v) is 4.78. The molecule has 1 aromatic heterocycles. The Kier molecular flexibility index (Phi) is 5.88. The van der Waals surface area contributed by atoms with Crippen LogP contribution in [0.15, 0.2) is 30.4 Å². The van der Waals surface area contributed by atoms with Crippen LogP contribution in [0.1, 0.15) is 39.2 Å². The molecule has 0 aliphatic heterocycles. The molecule has 0 saturated heterocycles. The normalized spacial score (nSPS) is 18.4. The zero-order valence-electron chi connectivity index (χ0n) is 16.6. The largest absolute Gasteiger partial charge is 0.481 e. The molecule has 7 heteroatoms. The lowest BCUT2D eigenvalue weighted by Gasteiger charge is -2.24. The summed E-state index contributed by atoms with van der Waals surface area (Å²) in [6.45, 7) is 5.88. The quantitative estimate of drug-likeness (QED) is 0.644. The number of nitrogens with two attached hydrogens (primary N) is 1. The number of aryl methyl sites for hydroxylation is 3. The van der Waals surface area contributed by atoms with Gasteiger partial charge >= 0.3 is 5.97 Å². The second kappa shape index (κ2) is 8.21. The van der Waals surface area contributed by atoms with Gasteiger partial charge in [0, 0.05) is 10.4 Å².